The van der Waals surface area contributed by atoms with Crippen LogP contribution >= 0.6 is 15.9 Å². The van der Waals surface area contributed by atoms with Crippen LogP contribution in [0.4, 0.5) is 5.69 Å². The monoisotopic (exact) mass is 357 g/mol. The molecule has 1 aliphatic rings. The van der Waals surface area contributed by atoms with Crippen molar-refractivity contribution in [3.05, 3.63) is 28.2 Å². The average Bonchev–Trinajstić information content (AvgIpc) is 2.46. The van der Waals surface area contributed by atoms with Gasteiger partial charge in [0.25, 0.3) is 0 Å². The number of amidine groups is 1. The molecule has 0 bridgehead atoms. The summed E-state index contributed by atoms with van der Waals surface area (Å²) < 4.78 is 6.18. The number of oxime groups is 1. The van der Waals surface area contributed by atoms with Gasteiger partial charge in [-0.15, -0.1) is 0 Å². The number of rotatable bonds is 4. The molecule has 0 atom stereocenters. The summed E-state index contributed by atoms with van der Waals surface area (Å²) in [4.78, 5) is 1.92. The highest BCUT2D eigenvalue weighted by Crippen LogP contribution is 2.28. The van der Waals surface area contributed by atoms with E-state index in [9.17, 15) is 5.11 Å². The van der Waals surface area contributed by atoms with Crippen molar-refractivity contribution >= 4 is 27.5 Å². The number of nitrogens with zero attached hydrogens (tertiary/aromatic N) is 2. The Labute approximate surface area is 132 Å². The number of benzene rings is 1. The summed E-state index contributed by atoms with van der Waals surface area (Å²) in [6, 6.07) is 5.49. The van der Waals surface area contributed by atoms with Gasteiger partial charge in [0.15, 0.2) is 5.84 Å². The van der Waals surface area contributed by atoms with Gasteiger partial charge in [-0.25, -0.2) is 0 Å². The maximum Gasteiger partial charge on any atom is 0.172 e. The van der Waals surface area contributed by atoms with Crippen molar-refractivity contribution in [3.63, 3.8) is 0 Å². The molecule has 6 nitrogen and oxygen atoms in total. The Kier molecular flexibility index (Phi) is 5.08. The molecule has 4 N–H and O–H groups in total. The van der Waals surface area contributed by atoms with Gasteiger partial charge in [0.05, 0.1) is 5.60 Å². The summed E-state index contributed by atoms with van der Waals surface area (Å²) in [6.07, 6.45) is 1.20. The van der Waals surface area contributed by atoms with Crippen LogP contribution in [-0.4, -0.2) is 48.6 Å². The van der Waals surface area contributed by atoms with E-state index >= 15 is 0 Å². The molecule has 7 heteroatoms. The highest BCUT2D eigenvalue weighted by atomic mass is 79.9. The molecule has 0 unspecified atom stereocenters. The Morgan fingerprint density at radius 3 is 2.76 bits per heavy atom. The Morgan fingerprint density at radius 2 is 2.14 bits per heavy atom. The van der Waals surface area contributed by atoms with Gasteiger partial charge in [-0.05, 0) is 18.2 Å². The maximum atomic E-state index is 10.6. The van der Waals surface area contributed by atoms with Gasteiger partial charge in [0, 0.05) is 55.4 Å². The summed E-state index contributed by atoms with van der Waals surface area (Å²) in [5.74, 6) is 0.0447. The molecular weight excluding hydrogens is 338 g/mol. The third kappa shape index (κ3) is 3.87. The maximum absolute atomic E-state index is 10.6. The van der Waals surface area contributed by atoms with Crippen molar-refractivity contribution in [3.8, 4) is 0 Å². The number of anilines is 1. The van der Waals surface area contributed by atoms with Gasteiger partial charge in [-0.2, -0.15) is 0 Å². The Bertz CT molecular complexity index is 530. The number of aliphatic hydroxyl groups is 1. The third-order valence-electron chi connectivity index (χ3n) is 3.71. The fraction of sp³-hybridized carbons (Fsp3) is 0.500. The van der Waals surface area contributed by atoms with Gasteiger partial charge in [-0.1, -0.05) is 21.1 Å². The second-order valence-corrected chi connectivity index (χ2v) is 6.26. The molecule has 1 aromatic rings. The van der Waals surface area contributed by atoms with E-state index in [2.05, 4.69) is 21.1 Å². The number of halogens is 1. The second-order valence-electron chi connectivity index (χ2n) is 5.34. The quantitative estimate of drug-likeness (QED) is 0.329. The predicted octanol–water partition coefficient (Wildman–Crippen LogP) is 1.52. The number of likely N-dealkylation sites (N-methyl/N-ethyl adjacent to an activating group) is 1. The molecule has 0 aromatic heterocycles. The molecule has 0 saturated carbocycles. The van der Waals surface area contributed by atoms with Crippen LogP contribution in [0.15, 0.2) is 27.8 Å². The minimum absolute atomic E-state index is 0.0447. The van der Waals surface area contributed by atoms with E-state index in [1.54, 1.807) is 6.07 Å². The first-order valence-corrected chi connectivity index (χ1v) is 7.53. The summed E-state index contributed by atoms with van der Waals surface area (Å²) >= 11 is 3.42. The van der Waals surface area contributed by atoms with Crippen LogP contribution in [0, 0.1) is 0 Å². The van der Waals surface area contributed by atoms with E-state index in [0.717, 1.165) is 10.2 Å². The van der Waals surface area contributed by atoms with Crippen LogP contribution in [-0.2, 0) is 4.74 Å². The summed E-state index contributed by atoms with van der Waals surface area (Å²) in [7, 11) is 1.88. The molecule has 1 aliphatic heterocycles. The Morgan fingerprint density at radius 1 is 1.48 bits per heavy atom. The topological polar surface area (TPSA) is 91.3 Å². The van der Waals surface area contributed by atoms with Gasteiger partial charge in [0.2, 0.25) is 0 Å². The minimum atomic E-state index is -0.780. The normalized spacial score (nSPS) is 18.5. The van der Waals surface area contributed by atoms with E-state index in [1.165, 1.54) is 0 Å². The van der Waals surface area contributed by atoms with Crippen molar-refractivity contribution in [2.24, 2.45) is 10.9 Å². The van der Waals surface area contributed by atoms with Gasteiger partial charge in [-0.3, -0.25) is 0 Å². The highest BCUT2D eigenvalue weighted by Gasteiger charge is 2.31. The second kappa shape index (κ2) is 6.64. The number of ether oxygens (including phenoxy) is 1. The zero-order valence-electron chi connectivity index (χ0n) is 11.9. The molecule has 1 saturated heterocycles. The summed E-state index contributed by atoms with van der Waals surface area (Å²) in [5, 5.41) is 22.6. The van der Waals surface area contributed by atoms with Crippen molar-refractivity contribution in [1.29, 1.82) is 0 Å². The lowest BCUT2D eigenvalue weighted by atomic mass is 9.93. The molecule has 1 heterocycles. The average molecular weight is 358 g/mol. The minimum Gasteiger partial charge on any atom is -0.409 e. The fourth-order valence-corrected chi connectivity index (χ4v) is 2.88. The first-order valence-electron chi connectivity index (χ1n) is 6.74. The highest BCUT2D eigenvalue weighted by molar-refractivity contribution is 9.10. The van der Waals surface area contributed by atoms with E-state index in [1.807, 2.05) is 24.1 Å². The molecule has 116 valence electrons. The van der Waals surface area contributed by atoms with Crippen LogP contribution in [0.25, 0.3) is 0 Å². The van der Waals surface area contributed by atoms with Gasteiger partial charge >= 0.3 is 0 Å². The van der Waals surface area contributed by atoms with Crippen molar-refractivity contribution in [1.82, 2.24) is 0 Å². The standard InChI is InChI=1S/C14H20BrN3O3/c1-18(9-14(19)4-6-21-7-5-14)12-8-10(15)2-3-11(12)13(16)17-20/h2-3,8,19-20H,4-7,9H2,1H3,(H2,16,17). The zero-order valence-corrected chi connectivity index (χ0v) is 13.5. The zero-order chi connectivity index (χ0) is 15.5. The largest absolute Gasteiger partial charge is 0.409 e. The predicted molar refractivity (Wildman–Crippen MR) is 84.9 cm³/mol. The van der Waals surface area contributed by atoms with Crippen LogP contribution in [0.3, 0.4) is 0 Å². The summed E-state index contributed by atoms with van der Waals surface area (Å²) in [6.45, 7) is 1.59. The van der Waals surface area contributed by atoms with Crippen LogP contribution in [0.1, 0.15) is 18.4 Å². The first-order chi connectivity index (χ1) is 9.95. The molecule has 0 aliphatic carbocycles. The first kappa shape index (κ1) is 16.1. The smallest absolute Gasteiger partial charge is 0.172 e. The van der Waals surface area contributed by atoms with Crippen molar-refractivity contribution in [2.45, 2.75) is 18.4 Å². The van der Waals surface area contributed by atoms with Crippen molar-refractivity contribution < 1.29 is 15.1 Å². The number of hydrogen-bond donors (Lipinski definition) is 3. The van der Waals surface area contributed by atoms with Crippen LogP contribution < -0.4 is 10.6 Å². The number of nitrogens with two attached hydrogens (primary N) is 1. The van der Waals surface area contributed by atoms with E-state index in [-0.39, 0.29) is 5.84 Å². The van der Waals surface area contributed by atoms with Crippen molar-refractivity contribution in [2.75, 3.05) is 31.7 Å². The lowest BCUT2D eigenvalue weighted by molar-refractivity contribution is -0.0572. The molecule has 21 heavy (non-hydrogen) atoms. The Hall–Kier alpha value is -1.31. The summed E-state index contributed by atoms with van der Waals surface area (Å²) in [5.41, 5.74) is 6.36. The molecule has 0 spiro atoms. The molecular formula is C14H20BrN3O3. The Balaban J connectivity index is 2.25. The molecule has 0 radical (unpaired) electrons. The SMILES string of the molecule is CN(CC1(O)CCOCC1)c1cc(Br)ccc1/C(N)=N/O. The third-order valence-corrected chi connectivity index (χ3v) is 4.20. The lowest BCUT2D eigenvalue weighted by Crippen LogP contribution is -2.46. The van der Waals surface area contributed by atoms with Crippen LogP contribution in [0.2, 0.25) is 0 Å². The van der Waals surface area contributed by atoms with E-state index in [0.29, 0.717) is 38.2 Å². The van der Waals surface area contributed by atoms with Gasteiger partial charge < -0.3 is 25.7 Å². The molecule has 1 aromatic carbocycles. The van der Waals surface area contributed by atoms with Gasteiger partial charge in [0.1, 0.15) is 0 Å². The van der Waals surface area contributed by atoms with Crippen LogP contribution in [0.5, 0.6) is 0 Å². The molecule has 1 fully saturated rings. The lowest BCUT2D eigenvalue weighted by Gasteiger charge is -2.36. The molecule has 0 amide bonds. The molecule has 2 rings (SSSR count). The van der Waals surface area contributed by atoms with E-state index < -0.39 is 5.60 Å². The fourth-order valence-electron chi connectivity index (χ4n) is 2.53. The van der Waals surface area contributed by atoms with E-state index in [4.69, 9.17) is 15.7 Å². The number of hydrogen-bond acceptors (Lipinski definition) is 5.